The molecule has 6 heteroatoms. The lowest BCUT2D eigenvalue weighted by Gasteiger charge is -2.37. The van der Waals surface area contributed by atoms with E-state index in [1.54, 1.807) is 0 Å². The van der Waals surface area contributed by atoms with Gasteiger partial charge in [0.25, 0.3) is 0 Å². The van der Waals surface area contributed by atoms with Crippen LogP contribution >= 0.6 is 0 Å². The summed E-state index contributed by atoms with van der Waals surface area (Å²) in [6.45, 7) is 7.64. The maximum atomic E-state index is 13.2. The fourth-order valence-electron chi connectivity index (χ4n) is 4.62. The summed E-state index contributed by atoms with van der Waals surface area (Å²) >= 11 is 0. The van der Waals surface area contributed by atoms with Crippen molar-refractivity contribution in [2.24, 2.45) is 0 Å². The van der Waals surface area contributed by atoms with Gasteiger partial charge in [-0.3, -0.25) is 9.69 Å². The Hall–Kier alpha value is -1.95. The van der Waals surface area contributed by atoms with Gasteiger partial charge in [0.15, 0.2) is 5.65 Å². The Kier molecular flexibility index (Phi) is 4.69. The number of rotatable bonds is 3. The van der Waals surface area contributed by atoms with Gasteiger partial charge in [-0.15, -0.1) is 0 Å². The Morgan fingerprint density at radius 1 is 1.15 bits per heavy atom. The number of carbonyl (C=O) groups is 1. The summed E-state index contributed by atoms with van der Waals surface area (Å²) < 4.78 is 1.92. The minimum Gasteiger partial charge on any atom is -0.331 e. The topological polar surface area (TPSA) is 53.7 Å². The standard InChI is InChI=1S/C20H29N5O/c1-16-14-18-21-10-8-17(25(18)22-16)20(2)9-7-13-24(20)19(26)15-23-11-5-3-4-6-12-23/h8,10,14H,3-7,9,11-13,15H2,1-2H3/t20-/m0/s1. The quantitative estimate of drug-likeness (QED) is 0.849. The summed E-state index contributed by atoms with van der Waals surface area (Å²) in [5.41, 5.74) is 2.56. The number of hydrogen-bond donors (Lipinski definition) is 0. The average molecular weight is 355 g/mol. The molecule has 0 N–H and O–H groups in total. The molecule has 2 aliphatic heterocycles. The van der Waals surface area contributed by atoms with Crippen molar-refractivity contribution in [2.75, 3.05) is 26.2 Å². The minimum absolute atomic E-state index is 0.251. The molecule has 2 fully saturated rings. The molecule has 2 saturated heterocycles. The molecule has 0 aromatic carbocycles. The molecule has 2 aromatic rings. The normalized spacial score (nSPS) is 24.9. The summed E-state index contributed by atoms with van der Waals surface area (Å²) in [5.74, 6) is 0.251. The zero-order chi connectivity index (χ0) is 18.1. The second-order valence-corrected chi connectivity index (χ2v) is 8.00. The number of fused-ring (bicyclic) bond motifs is 1. The van der Waals surface area contributed by atoms with Crippen LogP contribution in [-0.4, -0.2) is 56.5 Å². The zero-order valence-corrected chi connectivity index (χ0v) is 15.9. The monoisotopic (exact) mass is 355 g/mol. The Morgan fingerprint density at radius 2 is 1.92 bits per heavy atom. The summed E-state index contributed by atoms with van der Waals surface area (Å²) in [7, 11) is 0. The van der Waals surface area contributed by atoms with E-state index in [9.17, 15) is 4.79 Å². The molecule has 0 bridgehead atoms. The summed E-state index contributed by atoms with van der Waals surface area (Å²) in [5, 5.41) is 4.63. The largest absolute Gasteiger partial charge is 0.331 e. The smallest absolute Gasteiger partial charge is 0.237 e. The highest BCUT2D eigenvalue weighted by Crippen LogP contribution is 2.38. The van der Waals surface area contributed by atoms with E-state index < -0.39 is 0 Å². The van der Waals surface area contributed by atoms with Gasteiger partial charge in [0, 0.05) is 18.8 Å². The fraction of sp³-hybridized carbons (Fsp3) is 0.650. The third-order valence-electron chi connectivity index (χ3n) is 6.03. The van der Waals surface area contributed by atoms with E-state index in [1.165, 1.54) is 25.7 Å². The van der Waals surface area contributed by atoms with Crippen LogP contribution in [0.4, 0.5) is 0 Å². The molecule has 0 radical (unpaired) electrons. The maximum Gasteiger partial charge on any atom is 0.237 e. The fourth-order valence-corrected chi connectivity index (χ4v) is 4.62. The molecule has 140 valence electrons. The van der Waals surface area contributed by atoms with E-state index in [2.05, 4.69) is 26.8 Å². The van der Waals surface area contributed by atoms with Gasteiger partial charge in [0.1, 0.15) is 0 Å². The molecule has 1 amide bonds. The summed E-state index contributed by atoms with van der Waals surface area (Å²) in [4.78, 5) is 22.1. The highest BCUT2D eigenvalue weighted by Gasteiger charge is 2.43. The molecule has 1 atom stereocenters. The second-order valence-electron chi connectivity index (χ2n) is 8.00. The van der Waals surface area contributed by atoms with Crippen molar-refractivity contribution < 1.29 is 4.79 Å². The number of nitrogens with zero attached hydrogens (tertiary/aromatic N) is 5. The highest BCUT2D eigenvalue weighted by atomic mass is 16.2. The van der Waals surface area contributed by atoms with Gasteiger partial charge in [0.2, 0.25) is 5.91 Å². The minimum atomic E-state index is -0.317. The van der Waals surface area contributed by atoms with Crippen molar-refractivity contribution in [2.45, 2.75) is 57.9 Å². The van der Waals surface area contributed by atoms with Gasteiger partial charge >= 0.3 is 0 Å². The maximum absolute atomic E-state index is 13.2. The van der Waals surface area contributed by atoms with Crippen LogP contribution in [0.25, 0.3) is 5.65 Å². The first-order valence-corrected chi connectivity index (χ1v) is 9.93. The number of aromatic nitrogens is 3. The van der Waals surface area contributed by atoms with Crippen LogP contribution in [0.2, 0.25) is 0 Å². The van der Waals surface area contributed by atoms with Gasteiger partial charge in [-0.2, -0.15) is 5.10 Å². The predicted octanol–water partition coefficient (Wildman–Crippen LogP) is 2.75. The van der Waals surface area contributed by atoms with E-state index in [-0.39, 0.29) is 11.4 Å². The van der Waals surface area contributed by atoms with E-state index in [1.807, 2.05) is 29.8 Å². The number of aryl methyl sites for hydroxylation is 1. The van der Waals surface area contributed by atoms with Crippen molar-refractivity contribution in [3.63, 3.8) is 0 Å². The Labute approximate surface area is 155 Å². The molecule has 6 nitrogen and oxygen atoms in total. The van der Waals surface area contributed by atoms with Crippen LogP contribution in [0, 0.1) is 6.92 Å². The second kappa shape index (κ2) is 6.99. The van der Waals surface area contributed by atoms with Gasteiger partial charge in [-0.1, -0.05) is 12.8 Å². The van der Waals surface area contributed by atoms with Gasteiger partial charge in [-0.05, 0) is 58.7 Å². The van der Waals surface area contributed by atoms with Gasteiger partial charge < -0.3 is 4.90 Å². The lowest BCUT2D eigenvalue weighted by atomic mass is 9.94. The lowest BCUT2D eigenvalue weighted by molar-refractivity contribution is -0.136. The molecule has 26 heavy (non-hydrogen) atoms. The number of carbonyl (C=O) groups excluding carboxylic acids is 1. The molecule has 0 saturated carbocycles. The third-order valence-corrected chi connectivity index (χ3v) is 6.03. The predicted molar refractivity (Wildman–Crippen MR) is 101 cm³/mol. The Bertz CT molecular complexity index is 793. The molecule has 0 spiro atoms. The Morgan fingerprint density at radius 3 is 2.69 bits per heavy atom. The van der Waals surface area contributed by atoms with Crippen LogP contribution in [-0.2, 0) is 10.3 Å². The van der Waals surface area contributed by atoms with Crippen molar-refractivity contribution in [1.82, 2.24) is 24.4 Å². The number of hydrogen-bond acceptors (Lipinski definition) is 4. The van der Waals surface area contributed by atoms with Crippen molar-refractivity contribution >= 4 is 11.6 Å². The van der Waals surface area contributed by atoms with E-state index in [4.69, 9.17) is 0 Å². The Balaban J connectivity index is 1.60. The molecule has 4 heterocycles. The van der Waals surface area contributed by atoms with Gasteiger partial charge in [-0.25, -0.2) is 9.50 Å². The van der Waals surface area contributed by atoms with Crippen LogP contribution in [0.15, 0.2) is 18.3 Å². The molecule has 4 rings (SSSR count). The highest BCUT2D eigenvalue weighted by molar-refractivity contribution is 5.79. The number of amides is 1. The van der Waals surface area contributed by atoms with Crippen molar-refractivity contribution in [3.05, 3.63) is 29.7 Å². The summed E-state index contributed by atoms with van der Waals surface area (Å²) in [6.07, 6.45) is 8.85. The van der Waals surface area contributed by atoms with Crippen LogP contribution < -0.4 is 0 Å². The average Bonchev–Trinajstić information content (AvgIpc) is 3.09. The van der Waals surface area contributed by atoms with E-state index in [0.717, 1.165) is 49.5 Å². The van der Waals surface area contributed by atoms with Crippen molar-refractivity contribution in [1.29, 1.82) is 0 Å². The van der Waals surface area contributed by atoms with Crippen LogP contribution in [0.3, 0.4) is 0 Å². The van der Waals surface area contributed by atoms with E-state index in [0.29, 0.717) is 6.54 Å². The molecule has 2 aliphatic rings. The van der Waals surface area contributed by atoms with Crippen LogP contribution in [0.1, 0.15) is 56.8 Å². The SMILES string of the molecule is Cc1cc2nccc([C@]3(C)CCCN3C(=O)CN3CCCCCC3)n2n1. The van der Waals surface area contributed by atoms with Crippen LogP contribution in [0.5, 0.6) is 0 Å². The first-order valence-electron chi connectivity index (χ1n) is 9.93. The van der Waals surface area contributed by atoms with Crippen molar-refractivity contribution in [3.8, 4) is 0 Å². The first-order chi connectivity index (χ1) is 12.6. The molecule has 2 aromatic heterocycles. The number of likely N-dealkylation sites (tertiary alicyclic amines) is 2. The molecule has 0 aliphatic carbocycles. The van der Waals surface area contributed by atoms with E-state index >= 15 is 0 Å². The lowest BCUT2D eigenvalue weighted by Crippen LogP contribution is -2.48. The first kappa shape index (κ1) is 17.5. The summed E-state index contributed by atoms with van der Waals surface area (Å²) in [6, 6.07) is 4.02. The van der Waals surface area contributed by atoms with Gasteiger partial charge in [0.05, 0.1) is 23.5 Å². The third kappa shape index (κ3) is 3.11. The molecule has 0 unspecified atom stereocenters. The molecular weight excluding hydrogens is 326 g/mol. The molecular formula is C20H29N5O. The zero-order valence-electron chi connectivity index (χ0n) is 15.9.